The molecule has 0 spiro atoms. The van der Waals surface area contributed by atoms with E-state index in [1.165, 1.54) is 0 Å². The molecule has 1 N–H and O–H groups in total. The molecular weight excluding hydrogens is 130 g/mol. The summed E-state index contributed by atoms with van der Waals surface area (Å²) in [7, 11) is 0. The van der Waals surface area contributed by atoms with E-state index in [0.29, 0.717) is 5.92 Å². The van der Waals surface area contributed by atoms with Gasteiger partial charge in [0.15, 0.2) is 5.78 Å². The third-order valence-electron chi connectivity index (χ3n) is 2.09. The van der Waals surface area contributed by atoms with Gasteiger partial charge in [-0.1, -0.05) is 0 Å². The number of Topliss-reactive ketones (excluding diaryl/α,β-unsaturated/α-hetero) is 1. The monoisotopic (exact) mass is 139 g/mol. The average molecular weight is 139 g/mol. The first-order chi connectivity index (χ1) is 4.77. The quantitative estimate of drug-likeness (QED) is 0.514. The third-order valence-corrected chi connectivity index (χ3v) is 2.09. The minimum Gasteiger partial charge on any atom is -0.346 e. The molecule has 1 saturated heterocycles. The van der Waals surface area contributed by atoms with Crippen molar-refractivity contribution in [3.8, 4) is 0 Å². The maximum atomic E-state index is 11.0. The minimum atomic E-state index is -0.118. The Balaban J connectivity index is 2.08. The van der Waals surface area contributed by atoms with Gasteiger partial charge in [-0.25, -0.2) is 0 Å². The van der Waals surface area contributed by atoms with Crippen LogP contribution in [0.1, 0.15) is 19.3 Å². The standard InChI is InChI=1S/C7H9NO2/c9-5-3-6(10)8-7(5)4-1-2-4/h4,7H,1-3H2,(H,8,10). The van der Waals surface area contributed by atoms with E-state index >= 15 is 0 Å². The smallest absolute Gasteiger partial charge is 0.228 e. The van der Waals surface area contributed by atoms with Crippen LogP contribution >= 0.6 is 0 Å². The number of amides is 1. The molecule has 54 valence electrons. The van der Waals surface area contributed by atoms with Crippen molar-refractivity contribution in [2.45, 2.75) is 25.3 Å². The molecule has 1 saturated carbocycles. The van der Waals surface area contributed by atoms with E-state index in [1.807, 2.05) is 0 Å². The molecule has 0 aromatic rings. The van der Waals surface area contributed by atoms with E-state index in [1.54, 1.807) is 0 Å². The molecule has 2 aliphatic rings. The molecule has 3 heteroatoms. The first kappa shape index (κ1) is 5.89. The number of carbonyl (C=O) groups excluding carboxylic acids is 2. The van der Waals surface area contributed by atoms with Gasteiger partial charge in [-0.2, -0.15) is 0 Å². The van der Waals surface area contributed by atoms with Gasteiger partial charge < -0.3 is 5.32 Å². The normalized spacial score (nSPS) is 32.6. The van der Waals surface area contributed by atoms with E-state index < -0.39 is 0 Å². The number of hydrogen-bond donors (Lipinski definition) is 1. The minimum absolute atomic E-state index is 0.0903. The van der Waals surface area contributed by atoms with Crippen LogP contribution in [0.3, 0.4) is 0 Å². The molecule has 1 unspecified atom stereocenters. The Morgan fingerprint density at radius 3 is 2.40 bits per heavy atom. The molecule has 10 heavy (non-hydrogen) atoms. The van der Waals surface area contributed by atoms with Crippen LogP contribution in [0.4, 0.5) is 0 Å². The van der Waals surface area contributed by atoms with Crippen molar-refractivity contribution >= 4 is 11.7 Å². The Morgan fingerprint density at radius 1 is 1.30 bits per heavy atom. The number of nitrogens with one attached hydrogen (secondary N) is 1. The van der Waals surface area contributed by atoms with Crippen molar-refractivity contribution in [3.05, 3.63) is 0 Å². The molecule has 2 rings (SSSR count). The summed E-state index contributed by atoms with van der Waals surface area (Å²) >= 11 is 0. The Kier molecular flexibility index (Phi) is 1.07. The molecular formula is C7H9NO2. The van der Waals surface area contributed by atoms with Gasteiger partial charge in [0.05, 0.1) is 12.5 Å². The number of ketones is 1. The van der Waals surface area contributed by atoms with Gasteiger partial charge in [-0.3, -0.25) is 9.59 Å². The van der Waals surface area contributed by atoms with Crippen LogP contribution in [0, 0.1) is 5.92 Å². The Hall–Kier alpha value is -0.860. The molecule has 3 nitrogen and oxygen atoms in total. The van der Waals surface area contributed by atoms with E-state index in [-0.39, 0.29) is 24.2 Å². The summed E-state index contributed by atoms with van der Waals surface area (Å²) in [5.41, 5.74) is 0. The van der Waals surface area contributed by atoms with E-state index in [2.05, 4.69) is 5.32 Å². The van der Waals surface area contributed by atoms with Crippen molar-refractivity contribution in [1.82, 2.24) is 5.32 Å². The van der Waals surface area contributed by atoms with Gasteiger partial charge >= 0.3 is 0 Å². The van der Waals surface area contributed by atoms with E-state index in [9.17, 15) is 9.59 Å². The van der Waals surface area contributed by atoms with Gasteiger partial charge in [-0.05, 0) is 18.8 Å². The van der Waals surface area contributed by atoms with Crippen LogP contribution in [0.2, 0.25) is 0 Å². The first-order valence-electron chi connectivity index (χ1n) is 3.59. The van der Waals surface area contributed by atoms with Crippen LogP contribution < -0.4 is 5.32 Å². The summed E-state index contributed by atoms with van der Waals surface area (Å²) in [6.07, 6.45) is 2.33. The van der Waals surface area contributed by atoms with Crippen LogP contribution in [0.15, 0.2) is 0 Å². The van der Waals surface area contributed by atoms with Crippen LogP contribution in [0.5, 0.6) is 0 Å². The highest BCUT2D eigenvalue weighted by atomic mass is 16.2. The van der Waals surface area contributed by atoms with Gasteiger partial charge in [0.2, 0.25) is 5.91 Å². The van der Waals surface area contributed by atoms with Crippen LogP contribution in [-0.2, 0) is 9.59 Å². The third kappa shape index (κ3) is 0.818. The number of hydrogen-bond acceptors (Lipinski definition) is 2. The van der Waals surface area contributed by atoms with Crippen molar-refractivity contribution in [2.75, 3.05) is 0 Å². The molecule has 1 aliphatic heterocycles. The predicted molar refractivity (Wildman–Crippen MR) is 34.3 cm³/mol. The molecule has 0 radical (unpaired) electrons. The highest BCUT2D eigenvalue weighted by molar-refractivity contribution is 6.07. The topological polar surface area (TPSA) is 46.2 Å². The summed E-state index contributed by atoms with van der Waals surface area (Å²) in [4.78, 5) is 21.6. The maximum Gasteiger partial charge on any atom is 0.228 e. The predicted octanol–water partition coefficient (Wildman–Crippen LogP) is -0.146. The van der Waals surface area contributed by atoms with Crippen molar-refractivity contribution < 1.29 is 9.59 Å². The average Bonchev–Trinajstić information content (AvgIpc) is 2.61. The van der Waals surface area contributed by atoms with Gasteiger partial charge in [-0.15, -0.1) is 0 Å². The second-order valence-corrected chi connectivity index (χ2v) is 3.03. The molecule has 1 atom stereocenters. The molecule has 0 bridgehead atoms. The lowest BCUT2D eigenvalue weighted by Crippen LogP contribution is -2.30. The first-order valence-corrected chi connectivity index (χ1v) is 3.59. The molecule has 1 amide bonds. The lowest BCUT2D eigenvalue weighted by molar-refractivity contribution is -0.122. The molecule has 1 aliphatic carbocycles. The fourth-order valence-corrected chi connectivity index (χ4v) is 1.38. The summed E-state index contributed by atoms with van der Waals surface area (Å²) in [6.45, 7) is 0. The Morgan fingerprint density at radius 2 is 2.00 bits per heavy atom. The molecule has 0 aromatic heterocycles. The summed E-state index contributed by atoms with van der Waals surface area (Å²) in [6, 6.07) is -0.118. The highest BCUT2D eigenvalue weighted by Crippen LogP contribution is 2.34. The van der Waals surface area contributed by atoms with Gasteiger partial charge in [0, 0.05) is 0 Å². The second-order valence-electron chi connectivity index (χ2n) is 3.03. The van der Waals surface area contributed by atoms with Crippen LogP contribution in [-0.4, -0.2) is 17.7 Å². The maximum absolute atomic E-state index is 11.0. The van der Waals surface area contributed by atoms with Crippen molar-refractivity contribution in [1.29, 1.82) is 0 Å². The second kappa shape index (κ2) is 1.81. The molecule has 2 fully saturated rings. The van der Waals surface area contributed by atoms with E-state index in [0.717, 1.165) is 12.8 Å². The van der Waals surface area contributed by atoms with Crippen molar-refractivity contribution in [2.24, 2.45) is 5.92 Å². The van der Waals surface area contributed by atoms with E-state index in [4.69, 9.17) is 0 Å². The highest BCUT2D eigenvalue weighted by Gasteiger charge is 2.41. The summed E-state index contributed by atoms with van der Waals surface area (Å²) < 4.78 is 0. The number of rotatable bonds is 1. The summed E-state index contributed by atoms with van der Waals surface area (Å²) in [5, 5.41) is 2.68. The van der Waals surface area contributed by atoms with Gasteiger partial charge in [0.25, 0.3) is 0 Å². The fraction of sp³-hybridized carbons (Fsp3) is 0.714. The fourth-order valence-electron chi connectivity index (χ4n) is 1.38. The van der Waals surface area contributed by atoms with Crippen LogP contribution in [0.25, 0.3) is 0 Å². The Bertz CT molecular complexity index is 196. The Labute approximate surface area is 58.8 Å². The molecule has 0 aromatic carbocycles. The van der Waals surface area contributed by atoms with Gasteiger partial charge in [0.1, 0.15) is 0 Å². The zero-order chi connectivity index (χ0) is 7.14. The lowest BCUT2D eigenvalue weighted by Gasteiger charge is -2.03. The summed E-state index contributed by atoms with van der Waals surface area (Å²) in [5.74, 6) is 0.466. The molecule has 1 heterocycles. The SMILES string of the molecule is O=C1CC(=O)C(C2CC2)N1. The lowest BCUT2D eigenvalue weighted by atomic mass is 10.1. The van der Waals surface area contributed by atoms with Crippen molar-refractivity contribution in [3.63, 3.8) is 0 Å². The zero-order valence-electron chi connectivity index (χ0n) is 5.59. The number of carbonyl (C=O) groups is 2. The largest absolute Gasteiger partial charge is 0.346 e. The zero-order valence-corrected chi connectivity index (χ0v) is 5.59.